The normalized spacial score (nSPS) is 11.0. The van der Waals surface area contributed by atoms with Gasteiger partial charge in [-0.05, 0) is 41.5 Å². The molecule has 142 valence electrons. The van der Waals surface area contributed by atoms with E-state index in [1.165, 1.54) is 57.8 Å². The van der Waals surface area contributed by atoms with Crippen LogP contribution in [0.4, 0.5) is 0 Å². The summed E-state index contributed by atoms with van der Waals surface area (Å²) in [5.41, 5.74) is 0.743. The van der Waals surface area contributed by atoms with Gasteiger partial charge in [0, 0.05) is 16.6 Å². The number of nitrogens with one attached hydrogen (secondary N) is 1. The highest BCUT2D eigenvalue weighted by atomic mass is 79.9. The van der Waals surface area contributed by atoms with Crippen molar-refractivity contribution in [2.45, 2.75) is 71.1 Å². The first-order chi connectivity index (χ1) is 12.7. The van der Waals surface area contributed by atoms with Crippen molar-refractivity contribution < 1.29 is 4.79 Å². The van der Waals surface area contributed by atoms with Gasteiger partial charge in [-0.2, -0.15) is 0 Å². The van der Waals surface area contributed by atoms with E-state index in [-0.39, 0.29) is 5.91 Å². The zero-order valence-electron chi connectivity index (χ0n) is 16.0. The number of amides is 1. The molecule has 1 amide bonds. The fraction of sp³-hybridized carbons (Fsp3) is 0.522. The zero-order chi connectivity index (χ0) is 18.6. The third kappa shape index (κ3) is 7.49. The Hall–Kier alpha value is -1.35. The molecular formula is C23H32BrNO. The highest BCUT2D eigenvalue weighted by Crippen LogP contribution is 2.21. The summed E-state index contributed by atoms with van der Waals surface area (Å²) in [6, 6.07) is 12.0. The van der Waals surface area contributed by atoms with Crippen LogP contribution in [0.3, 0.4) is 0 Å². The molecule has 2 aromatic rings. The molecule has 0 radical (unpaired) electrons. The van der Waals surface area contributed by atoms with Gasteiger partial charge in [0.1, 0.15) is 0 Å². The maximum absolute atomic E-state index is 12.3. The van der Waals surface area contributed by atoms with Gasteiger partial charge in [-0.15, -0.1) is 0 Å². The van der Waals surface area contributed by atoms with Gasteiger partial charge in [0.15, 0.2) is 0 Å². The third-order valence-corrected chi connectivity index (χ3v) is 5.37. The standard InChI is InChI=1S/C23H32BrNO/c1-2-3-4-5-6-7-8-9-10-11-16-25-23(26)21-13-12-20-18-22(24)15-14-19(20)17-21/h12-15,17-18H,2-11,16H2,1H3,(H,25,26). The number of hydrogen-bond donors (Lipinski definition) is 1. The van der Waals surface area contributed by atoms with E-state index in [1.807, 2.05) is 30.3 Å². The van der Waals surface area contributed by atoms with Crippen LogP contribution in [0.5, 0.6) is 0 Å². The lowest BCUT2D eigenvalue weighted by atomic mass is 10.1. The molecule has 1 N–H and O–H groups in total. The Morgan fingerprint density at radius 1 is 0.808 bits per heavy atom. The molecular weight excluding hydrogens is 386 g/mol. The summed E-state index contributed by atoms with van der Waals surface area (Å²) in [5.74, 6) is 0.0331. The topological polar surface area (TPSA) is 29.1 Å². The van der Waals surface area contributed by atoms with Crippen LogP contribution < -0.4 is 5.32 Å². The fourth-order valence-corrected chi connectivity index (χ4v) is 3.65. The molecule has 2 nitrogen and oxygen atoms in total. The second kappa shape index (κ2) is 12.1. The lowest BCUT2D eigenvalue weighted by Gasteiger charge is -2.07. The minimum Gasteiger partial charge on any atom is -0.352 e. The summed E-state index contributed by atoms with van der Waals surface area (Å²) in [7, 11) is 0. The van der Waals surface area contributed by atoms with Gasteiger partial charge in [0.25, 0.3) is 5.91 Å². The van der Waals surface area contributed by atoms with Gasteiger partial charge in [-0.3, -0.25) is 4.79 Å². The molecule has 0 bridgehead atoms. The first-order valence-corrected chi connectivity index (χ1v) is 11.0. The average Bonchev–Trinajstić information content (AvgIpc) is 2.65. The highest BCUT2D eigenvalue weighted by Gasteiger charge is 2.06. The van der Waals surface area contributed by atoms with Crippen LogP contribution in [0.25, 0.3) is 10.8 Å². The van der Waals surface area contributed by atoms with Crippen LogP contribution in [0.15, 0.2) is 40.9 Å². The predicted octanol–water partition coefficient (Wildman–Crippen LogP) is 7.25. The monoisotopic (exact) mass is 417 g/mol. The molecule has 0 unspecified atom stereocenters. The van der Waals surface area contributed by atoms with Crippen molar-refractivity contribution in [1.82, 2.24) is 5.32 Å². The highest BCUT2D eigenvalue weighted by molar-refractivity contribution is 9.10. The lowest BCUT2D eigenvalue weighted by molar-refractivity contribution is 0.0953. The fourth-order valence-electron chi connectivity index (χ4n) is 3.27. The summed E-state index contributed by atoms with van der Waals surface area (Å²) in [6.45, 7) is 3.03. The van der Waals surface area contributed by atoms with Crippen molar-refractivity contribution in [1.29, 1.82) is 0 Å². The minimum absolute atomic E-state index is 0.0331. The molecule has 2 aromatic carbocycles. The van der Waals surface area contributed by atoms with Gasteiger partial charge < -0.3 is 5.32 Å². The third-order valence-electron chi connectivity index (χ3n) is 4.88. The molecule has 0 aliphatic rings. The Labute approximate surface area is 166 Å². The van der Waals surface area contributed by atoms with Crippen LogP contribution in [0.1, 0.15) is 81.5 Å². The summed E-state index contributed by atoms with van der Waals surface area (Å²) in [5, 5.41) is 5.29. The van der Waals surface area contributed by atoms with Gasteiger partial charge >= 0.3 is 0 Å². The minimum atomic E-state index is 0.0331. The molecule has 0 aliphatic carbocycles. The van der Waals surface area contributed by atoms with E-state index in [0.717, 1.165) is 33.8 Å². The van der Waals surface area contributed by atoms with Gasteiger partial charge in [0.05, 0.1) is 0 Å². The van der Waals surface area contributed by atoms with Crippen molar-refractivity contribution in [3.8, 4) is 0 Å². The summed E-state index contributed by atoms with van der Waals surface area (Å²) >= 11 is 3.48. The van der Waals surface area contributed by atoms with Crippen LogP contribution in [-0.2, 0) is 0 Å². The van der Waals surface area contributed by atoms with Crippen LogP contribution >= 0.6 is 15.9 Å². The molecule has 0 saturated carbocycles. The molecule has 26 heavy (non-hydrogen) atoms. The lowest BCUT2D eigenvalue weighted by Crippen LogP contribution is -2.24. The molecule has 2 rings (SSSR count). The largest absolute Gasteiger partial charge is 0.352 e. The molecule has 0 atom stereocenters. The Bertz CT molecular complexity index is 683. The number of carbonyl (C=O) groups is 1. The van der Waals surface area contributed by atoms with E-state index in [2.05, 4.69) is 34.2 Å². The van der Waals surface area contributed by atoms with Crippen LogP contribution in [0, 0.1) is 0 Å². The van der Waals surface area contributed by atoms with Crippen molar-refractivity contribution in [2.75, 3.05) is 6.54 Å². The maximum Gasteiger partial charge on any atom is 0.251 e. The maximum atomic E-state index is 12.3. The number of fused-ring (bicyclic) bond motifs is 1. The Morgan fingerprint density at radius 2 is 1.38 bits per heavy atom. The van der Waals surface area contributed by atoms with Crippen LogP contribution in [0.2, 0.25) is 0 Å². The Kier molecular flexibility index (Phi) is 9.76. The molecule has 0 spiro atoms. The molecule has 3 heteroatoms. The van der Waals surface area contributed by atoms with E-state index < -0.39 is 0 Å². The second-order valence-electron chi connectivity index (χ2n) is 7.14. The first-order valence-electron chi connectivity index (χ1n) is 10.2. The number of halogens is 1. The summed E-state index contributed by atoms with van der Waals surface area (Å²) in [4.78, 5) is 12.3. The quantitative estimate of drug-likeness (QED) is 0.361. The van der Waals surface area contributed by atoms with Crippen molar-refractivity contribution in [3.63, 3.8) is 0 Å². The van der Waals surface area contributed by atoms with Crippen molar-refractivity contribution in [3.05, 3.63) is 46.4 Å². The van der Waals surface area contributed by atoms with E-state index in [4.69, 9.17) is 0 Å². The van der Waals surface area contributed by atoms with Crippen molar-refractivity contribution >= 4 is 32.6 Å². The molecule has 0 aromatic heterocycles. The van der Waals surface area contributed by atoms with Gasteiger partial charge in [0.2, 0.25) is 0 Å². The first kappa shape index (κ1) is 21.0. The Morgan fingerprint density at radius 3 is 2.08 bits per heavy atom. The molecule has 0 aliphatic heterocycles. The van der Waals surface area contributed by atoms with E-state index >= 15 is 0 Å². The van der Waals surface area contributed by atoms with E-state index in [9.17, 15) is 4.79 Å². The number of benzene rings is 2. The molecule has 0 saturated heterocycles. The van der Waals surface area contributed by atoms with E-state index in [1.54, 1.807) is 0 Å². The molecule has 0 heterocycles. The number of rotatable bonds is 12. The molecule has 0 fully saturated rings. The zero-order valence-corrected chi connectivity index (χ0v) is 17.6. The van der Waals surface area contributed by atoms with Gasteiger partial charge in [-0.1, -0.05) is 92.8 Å². The summed E-state index contributed by atoms with van der Waals surface area (Å²) in [6.07, 6.45) is 13.1. The summed E-state index contributed by atoms with van der Waals surface area (Å²) < 4.78 is 1.06. The predicted molar refractivity (Wildman–Crippen MR) is 116 cm³/mol. The number of carbonyl (C=O) groups excluding carboxylic acids is 1. The smallest absolute Gasteiger partial charge is 0.251 e. The van der Waals surface area contributed by atoms with E-state index in [0.29, 0.717) is 0 Å². The second-order valence-corrected chi connectivity index (χ2v) is 8.06. The van der Waals surface area contributed by atoms with Gasteiger partial charge in [-0.25, -0.2) is 0 Å². The Balaban J connectivity index is 1.58. The SMILES string of the molecule is CCCCCCCCCCCCNC(=O)c1ccc2cc(Br)ccc2c1. The number of hydrogen-bond acceptors (Lipinski definition) is 1. The van der Waals surface area contributed by atoms with Crippen molar-refractivity contribution in [2.24, 2.45) is 0 Å². The number of unbranched alkanes of at least 4 members (excludes halogenated alkanes) is 9. The average molecular weight is 418 g/mol. The van der Waals surface area contributed by atoms with Crippen LogP contribution in [-0.4, -0.2) is 12.5 Å².